The summed E-state index contributed by atoms with van der Waals surface area (Å²) >= 11 is 1.26. The molecule has 3 aromatic carbocycles. The van der Waals surface area contributed by atoms with E-state index >= 15 is 0 Å². The van der Waals surface area contributed by atoms with E-state index in [4.69, 9.17) is 14.6 Å². The first-order chi connectivity index (χ1) is 17.9. The van der Waals surface area contributed by atoms with Crippen LogP contribution >= 0.6 is 11.8 Å². The molecule has 0 radical (unpaired) electrons. The van der Waals surface area contributed by atoms with Gasteiger partial charge in [0.2, 0.25) is 5.91 Å². The van der Waals surface area contributed by atoms with Crippen LogP contribution < -0.4 is 14.8 Å². The van der Waals surface area contributed by atoms with Crippen molar-refractivity contribution in [3.05, 3.63) is 90.3 Å². The smallest absolute Gasteiger partial charge is 0.335 e. The van der Waals surface area contributed by atoms with E-state index in [1.54, 1.807) is 26.2 Å². The van der Waals surface area contributed by atoms with Gasteiger partial charge in [-0.15, -0.1) is 10.2 Å². The standard InChI is InChI=1S/C27H26N4O5S/c1-17(36-23-15-13-22(35-3)14-16-23)24-29-30-27(31(24)21-7-5-4-6-8-21)37-18(2)25(32)28-20-11-9-19(10-12-20)26(33)34/h4-18H,1-3H3,(H,28,32)(H,33,34). The second-order valence-corrected chi connectivity index (χ2v) is 9.39. The number of thioether (sulfide) groups is 1. The molecule has 2 atom stereocenters. The lowest BCUT2D eigenvalue weighted by molar-refractivity contribution is -0.115. The Morgan fingerprint density at radius 1 is 0.919 bits per heavy atom. The van der Waals surface area contributed by atoms with E-state index in [9.17, 15) is 9.59 Å². The number of rotatable bonds is 10. The Bertz CT molecular complexity index is 1360. The number of hydrogen-bond donors (Lipinski definition) is 2. The summed E-state index contributed by atoms with van der Waals surface area (Å²) in [6.45, 7) is 3.66. The van der Waals surface area contributed by atoms with Gasteiger partial charge in [-0.05, 0) is 74.5 Å². The Morgan fingerprint density at radius 2 is 1.57 bits per heavy atom. The predicted molar refractivity (Wildman–Crippen MR) is 141 cm³/mol. The molecule has 0 spiro atoms. The number of nitrogens with zero attached hydrogens (tertiary/aromatic N) is 3. The maximum Gasteiger partial charge on any atom is 0.335 e. The molecule has 9 nitrogen and oxygen atoms in total. The number of carboxylic acids is 1. The molecule has 4 aromatic rings. The zero-order chi connectivity index (χ0) is 26.4. The summed E-state index contributed by atoms with van der Waals surface area (Å²) in [7, 11) is 1.61. The number of nitrogens with one attached hydrogen (secondary N) is 1. The number of carboxylic acid groups (broad SMARTS) is 1. The molecule has 0 aliphatic rings. The van der Waals surface area contributed by atoms with Gasteiger partial charge in [-0.3, -0.25) is 9.36 Å². The number of ether oxygens (including phenoxy) is 2. The van der Waals surface area contributed by atoms with E-state index in [-0.39, 0.29) is 11.5 Å². The highest BCUT2D eigenvalue weighted by molar-refractivity contribution is 8.00. The predicted octanol–water partition coefficient (Wildman–Crippen LogP) is 5.23. The van der Waals surface area contributed by atoms with Crippen LogP contribution in [0, 0.1) is 0 Å². The van der Waals surface area contributed by atoms with Crippen LogP contribution in [0.5, 0.6) is 11.5 Å². The third-order valence-corrected chi connectivity index (χ3v) is 6.50. The van der Waals surface area contributed by atoms with Gasteiger partial charge in [0, 0.05) is 11.4 Å². The lowest BCUT2D eigenvalue weighted by atomic mass is 10.2. The molecule has 190 valence electrons. The molecular weight excluding hydrogens is 492 g/mol. The highest BCUT2D eigenvalue weighted by Gasteiger charge is 2.24. The fourth-order valence-electron chi connectivity index (χ4n) is 3.50. The summed E-state index contributed by atoms with van der Waals surface area (Å²) in [4.78, 5) is 23.9. The fraction of sp³-hybridized carbons (Fsp3) is 0.185. The molecule has 0 fully saturated rings. The van der Waals surface area contributed by atoms with Crippen molar-refractivity contribution in [3.63, 3.8) is 0 Å². The van der Waals surface area contributed by atoms with Gasteiger partial charge in [0.05, 0.1) is 17.9 Å². The van der Waals surface area contributed by atoms with Crippen LogP contribution in [0.1, 0.15) is 36.1 Å². The topological polar surface area (TPSA) is 116 Å². The van der Waals surface area contributed by atoms with Crippen LogP contribution in [0.25, 0.3) is 5.69 Å². The minimum Gasteiger partial charge on any atom is -0.497 e. The molecule has 0 saturated carbocycles. The van der Waals surface area contributed by atoms with E-state index in [1.807, 2.05) is 66.1 Å². The first-order valence-corrected chi connectivity index (χ1v) is 12.4. The average Bonchev–Trinajstić information content (AvgIpc) is 3.33. The number of hydrogen-bond acceptors (Lipinski definition) is 7. The molecule has 1 aromatic heterocycles. The van der Waals surface area contributed by atoms with Gasteiger partial charge in [-0.2, -0.15) is 0 Å². The second-order valence-electron chi connectivity index (χ2n) is 8.08. The number of aromatic carboxylic acids is 1. The van der Waals surface area contributed by atoms with Crippen molar-refractivity contribution < 1.29 is 24.2 Å². The summed E-state index contributed by atoms with van der Waals surface area (Å²) in [6.07, 6.45) is -0.438. The first kappa shape index (κ1) is 25.8. The third kappa shape index (κ3) is 6.28. The number of methoxy groups -OCH3 is 1. The van der Waals surface area contributed by atoms with E-state index in [0.717, 1.165) is 11.4 Å². The number of amides is 1. The van der Waals surface area contributed by atoms with Crippen molar-refractivity contribution in [2.75, 3.05) is 12.4 Å². The Hall–Kier alpha value is -4.31. The van der Waals surface area contributed by atoms with E-state index in [2.05, 4.69) is 15.5 Å². The number of carbonyl (C=O) groups is 2. The van der Waals surface area contributed by atoms with Crippen molar-refractivity contribution in [3.8, 4) is 17.2 Å². The Kier molecular flexibility index (Phi) is 8.09. The second kappa shape index (κ2) is 11.6. The summed E-state index contributed by atoms with van der Waals surface area (Å²) in [6, 6.07) is 22.9. The van der Waals surface area contributed by atoms with E-state index < -0.39 is 17.3 Å². The minimum atomic E-state index is -1.02. The third-order valence-electron chi connectivity index (χ3n) is 5.46. The summed E-state index contributed by atoms with van der Waals surface area (Å²) in [5.41, 5.74) is 1.50. The zero-order valence-corrected chi connectivity index (χ0v) is 21.3. The highest BCUT2D eigenvalue weighted by atomic mass is 32.2. The van der Waals surface area contributed by atoms with Crippen molar-refractivity contribution >= 4 is 29.3 Å². The summed E-state index contributed by atoms with van der Waals surface area (Å²) in [5, 5.41) is 20.7. The molecule has 1 heterocycles. The minimum absolute atomic E-state index is 0.148. The molecule has 1 amide bonds. The normalized spacial score (nSPS) is 12.4. The zero-order valence-electron chi connectivity index (χ0n) is 20.5. The Balaban J connectivity index is 1.54. The summed E-state index contributed by atoms with van der Waals surface area (Å²) < 4.78 is 13.2. The quantitative estimate of drug-likeness (QED) is 0.274. The number of benzene rings is 3. The van der Waals surface area contributed by atoms with Gasteiger partial charge < -0.3 is 19.9 Å². The molecule has 0 saturated heterocycles. The molecule has 2 N–H and O–H groups in total. The molecular formula is C27H26N4O5S. The number of carbonyl (C=O) groups excluding carboxylic acids is 1. The van der Waals surface area contributed by atoms with Gasteiger partial charge in [0.25, 0.3) is 0 Å². The van der Waals surface area contributed by atoms with Gasteiger partial charge in [0.15, 0.2) is 17.1 Å². The Morgan fingerprint density at radius 3 is 2.19 bits per heavy atom. The lowest BCUT2D eigenvalue weighted by Gasteiger charge is -2.18. The molecule has 10 heteroatoms. The summed E-state index contributed by atoms with van der Waals surface area (Å²) in [5.74, 6) is 0.701. The van der Waals surface area contributed by atoms with E-state index in [1.165, 1.54) is 23.9 Å². The van der Waals surface area contributed by atoms with Gasteiger partial charge in [-0.25, -0.2) is 4.79 Å². The van der Waals surface area contributed by atoms with Crippen molar-refractivity contribution in [2.45, 2.75) is 30.4 Å². The number of anilines is 1. The molecule has 37 heavy (non-hydrogen) atoms. The molecule has 0 aliphatic heterocycles. The fourth-order valence-corrected chi connectivity index (χ4v) is 4.38. The maximum atomic E-state index is 12.9. The lowest BCUT2D eigenvalue weighted by Crippen LogP contribution is -2.23. The molecule has 0 aliphatic carbocycles. The van der Waals surface area contributed by atoms with E-state index in [0.29, 0.717) is 22.4 Å². The van der Waals surface area contributed by atoms with Crippen molar-refractivity contribution in [1.82, 2.24) is 14.8 Å². The van der Waals surface area contributed by atoms with Crippen LogP contribution in [0.15, 0.2) is 84.0 Å². The average molecular weight is 519 g/mol. The largest absolute Gasteiger partial charge is 0.497 e. The molecule has 2 unspecified atom stereocenters. The van der Waals surface area contributed by atoms with Crippen molar-refractivity contribution in [1.29, 1.82) is 0 Å². The molecule has 0 bridgehead atoms. The van der Waals surface area contributed by atoms with Crippen molar-refractivity contribution in [2.24, 2.45) is 0 Å². The maximum absolute atomic E-state index is 12.9. The Labute approximate surface area is 218 Å². The van der Waals surface area contributed by atoms with Crippen LogP contribution in [0.3, 0.4) is 0 Å². The highest BCUT2D eigenvalue weighted by Crippen LogP contribution is 2.30. The van der Waals surface area contributed by atoms with Crippen LogP contribution in [-0.2, 0) is 4.79 Å². The van der Waals surface area contributed by atoms with Crippen LogP contribution in [-0.4, -0.2) is 44.1 Å². The van der Waals surface area contributed by atoms with Gasteiger partial charge >= 0.3 is 5.97 Å². The van der Waals surface area contributed by atoms with Crippen LogP contribution in [0.4, 0.5) is 5.69 Å². The molecule has 4 rings (SSSR count). The van der Waals surface area contributed by atoms with Gasteiger partial charge in [-0.1, -0.05) is 30.0 Å². The monoisotopic (exact) mass is 518 g/mol. The first-order valence-electron chi connectivity index (χ1n) is 11.5. The number of aromatic nitrogens is 3. The van der Waals surface area contributed by atoms with Gasteiger partial charge in [0.1, 0.15) is 11.5 Å². The SMILES string of the molecule is COc1ccc(OC(C)c2nnc(SC(C)C(=O)Nc3ccc(C(=O)O)cc3)n2-c2ccccc2)cc1. The number of para-hydroxylation sites is 1. The van der Waals surface area contributed by atoms with Crippen LogP contribution in [0.2, 0.25) is 0 Å².